The zero-order valence-electron chi connectivity index (χ0n) is 15.8. The molecule has 1 aliphatic heterocycles. The number of aliphatic imine (C=N–C) groups is 1. The first-order chi connectivity index (χ1) is 11.7. The predicted molar refractivity (Wildman–Crippen MR) is 95.8 cm³/mol. The topological polar surface area (TPSA) is 30.9 Å². The molecule has 0 aromatic heterocycles. The second-order valence-electron chi connectivity index (χ2n) is 7.96. The molecule has 25 heavy (non-hydrogen) atoms. The quantitative estimate of drug-likeness (QED) is 0.581. The molecule has 4 nitrogen and oxygen atoms in total. The maximum atomic E-state index is 12.6. The van der Waals surface area contributed by atoms with E-state index >= 15 is 0 Å². The number of nitrogens with zero attached hydrogens (tertiary/aromatic N) is 3. The molecule has 2 rings (SSSR count). The SMILES string of the molecule is CCN(CC1CCN(C(=NC)NCC2(C)CCCC2)C1)CC(F)(F)F. The highest BCUT2D eigenvalue weighted by atomic mass is 19.4. The van der Waals surface area contributed by atoms with Crippen LogP contribution in [0.4, 0.5) is 13.2 Å². The smallest absolute Gasteiger partial charge is 0.356 e. The number of likely N-dealkylation sites (tertiary alicyclic amines) is 1. The highest BCUT2D eigenvalue weighted by molar-refractivity contribution is 5.80. The molecule has 1 aliphatic carbocycles. The number of nitrogens with one attached hydrogen (secondary N) is 1. The Hall–Kier alpha value is -0.980. The van der Waals surface area contributed by atoms with E-state index < -0.39 is 12.7 Å². The summed E-state index contributed by atoms with van der Waals surface area (Å²) in [4.78, 5) is 8.10. The van der Waals surface area contributed by atoms with Gasteiger partial charge in [0.05, 0.1) is 6.54 Å². The maximum absolute atomic E-state index is 12.6. The van der Waals surface area contributed by atoms with Crippen LogP contribution in [0.3, 0.4) is 0 Å². The molecule has 1 saturated carbocycles. The Morgan fingerprint density at radius 1 is 1.32 bits per heavy atom. The molecule has 146 valence electrons. The lowest BCUT2D eigenvalue weighted by molar-refractivity contribution is -0.146. The minimum absolute atomic E-state index is 0.267. The maximum Gasteiger partial charge on any atom is 0.401 e. The predicted octanol–water partition coefficient (Wildman–Crippen LogP) is 3.35. The van der Waals surface area contributed by atoms with Crippen LogP contribution < -0.4 is 5.32 Å². The highest BCUT2D eigenvalue weighted by Gasteiger charge is 2.33. The largest absolute Gasteiger partial charge is 0.401 e. The molecule has 1 heterocycles. The third-order valence-electron chi connectivity index (χ3n) is 5.65. The van der Waals surface area contributed by atoms with E-state index in [1.54, 1.807) is 14.0 Å². The first-order valence-corrected chi connectivity index (χ1v) is 9.49. The standard InChI is InChI=1S/C18H33F3N4/c1-4-24(14-18(19,20)21)11-15-7-10-25(12-15)16(22-3)23-13-17(2)8-5-6-9-17/h15H,4-14H2,1-3H3,(H,22,23). The van der Waals surface area contributed by atoms with Crippen LogP contribution in [0, 0.1) is 11.3 Å². The van der Waals surface area contributed by atoms with E-state index in [2.05, 4.69) is 22.1 Å². The highest BCUT2D eigenvalue weighted by Crippen LogP contribution is 2.36. The van der Waals surface area contributed by atoms with Crippen molar-refractivity contribution < 1.29 is 13.2 Å². The Bertz CT molecular complexity index is 444. The molecule has 0 aromatic carbocycles. The summed E-state index contributed by atoms with van der Waals surface area (Å²) in [5, 5.41) is 3.50. The molecule has 1 saturated heterocycles. The van der Waals surface area contributed by atoms with E-state index in [-0.39, 0.29) is 5.92 Å². The minimum atomic E-state index is -4.12. The van der Waals surface area contributed by atoms with Crippen molar-refractivity contribution in [2.24, 2.45) is 16.3 Å². The van der Waals surface area contributed by atoms with Crippen molar-refractivity contribution in [3.8, 4) is 0 Å². The average Bonchev–Trinajstić information content (AvgIpc) is 3.16. The van der Waals surface area contributed by atoms with Gasteiger partial charge in [-0.1, -0.05) is 26.7 Å². The van der Waals surface area contributed by atoms with Gasteiger partial charge in [0.1, 0.15) is 0 Å². The fourth-order valence-electron chi connectivity index (χ4n) is 4.13. The monoisotopic (exact) mass is 362 g/mol. The van der Waals surface area contributed by atoms with Gasteiger partial charge in [-0.25, -0.2) is 0 Å². The van der Waals surface area contributed by atoms with Crippen molar-refractivity contribution in [1.29, 1.82) is 0 Å². The van der Waals surface area contributed by atoms with Gasteiger partial charge in [-0.15, -0.1) is 0 Å². The fraction of sp³-hybridized carbons (Fsp3) is 0.944. The normalized spacial score (nSPS) is 24.4. The van der Waals surface area contributed by atoms with Crippen LogP contribution in [0.2, 0.25) is 0 Å². The molecule has 0 amide bonds. The second-order valence-corrected chi connectivity index (χ2v) is 7.96. The summed E-state index contributed by atoms with van der Waals surface area (Å²) in [6.45, 7) is 6.81. The molecule has 0 spiro atoms. The Labute approximate surface area is 149 Å². The molecule has 0 bridgehead atoms. The number of hydrogen-bond acceptors (Lipinski definition) is 2. The minimum Gasteiger partial charge on any atom is -0.356 e. The van der Waals surface area contributed by atoms with Crippen LogP contribution in [-0.4, -0.2) is 68.3 Å². The van der Waals surface area contributed by atoms with Crippen molar-refractivity contribution in [2.45, 2.75) is 52.1 Å². The molecular formula is C18H33F3N4. The Morgan fingerprint density at radius 2 is 2.00 bits per heavy atom. The van der Waals surface area contributed by atoms with Crippen molar-refractivity contribution >= 4 is 5.96 Å². The van der Waals surface area contributed by atoms with Crippen molar-refractivity contribution in [3.05, 3.63) is 0 Å². The lowest BCUT2D eigenvalue weighted by Crippen LogP contribution is -2.44. The van der Waals surface area contributed by atoms with Gasteiger partial charge in [-0.3, -0.25) is 9.89 Å². The fourth-order valence-corrected chi connectivity index (χ4v) is 4.13. The molecule has 2 fully saturated rings. The number of alkyl halides is 3. The summed E-state index contributed by atoms with van der Waals surface area (Å²) in [5.74, 6) is 1.16. The van der Waals surface area contributed by atoms with Crippen molar-refractivity contribution in [3.63, 3.8) is 0 Å². The Morgan fingerprint density at radius 3 is 2.56 bits per heavy atom. The van der Waals surface area contributed by atoms with Gasteiger partial charge in [0.15, 0.2) is 5.96 Å². The van der Waals surface area contributed by atoms with Crippen LogP contribution in [0.15, 0.2) is 4.99 Å². The summed E-state index contributed by atoms with van der Waals surface area (Å²) in [7, 11) is 1.79. The zero-order valence-corrected chi connectivity index (χ0v) is 15.8. The molecule has 1 unspecified atom stereocenters. The van der Waals surface area contributed by atoms with Crippen LogP contribution in [0.5, 0.6) is 0 Å². The van der Waals surface area contributed by atoms with Crippen LogP contribution >= 0.6 is 0 Å². The van der Waals surface area contributed by atoms with Crippen molar-refractivity contribution in [1.82, 2.24) is 15.1 Å². The first kappa shape index (κ1) is 20.3. The number of hydrogen-bond donors (Lipinski definition) is 1. The summed E-state index contributed by atoms with van der Waals surface area (Å²) < 4.78 is 37.9. The van der Waals surface area contributed by atoms with Gasteiger partial charge < -0.3 is 10.2 Å². The van der Waals surface area contributed by atoms with E-state index in [9.17, 15) is 13.2 Å². The number of guanidine groups is 1. The first-order valence-electron chi connectivity index (χ1n) is 9.49. The van der Waals surface area contributed by atoms with Crippen LogP contribution in [0.1, 0.15) is 46.0 Å². The van der Waals surface area contributed by atoms with Gasteiger partial charge in [0, 0.05) is 33.2 Å². The van der Waals surface area contributed by atoms with Gasteiger partial charge in [0.25, 0.3) is 0 Å². The average molecular weight is 362 g/mol. The van der Waals surface area contributed by atoms with E-state index in [4.69, 9.17) is 0 Å². The number of halogens is 3. The zero-order chi connectivity index (χ0) is 18.5. The third-order valence-corrected chi connectivity index (χ3v) is 5.65. The third kappa shape index (κ3) is 6.35. The molecule has 1 atom stereocenters. The summed E-state index contributed by atoms with van der Waals surface area (Å²) in [6, 6.07) is 0. The van der Waals surface area contributed by atoms with E-state index in [1.165, 1.54) is 30.6 Å². The Kier molecular flexibility index (Phi) is 7.00. The summed E-state index contributed by atoms with van der Waals surface area (Å²) >= 11 is 0. The van der Waals surface area contributed by atoms with Gasteiger partial charge in [0.2, 0.25) is 0 Å². The molecular weight excluding hydrogens is 329 g/mol. The summed E-state index contributed by atoms with van der Waals surface area (Å²) in [5.41, 5.74) is 0.348. The van der Waals surface area contributed by atoms with Gasteiger partial charge >= 0.3 is 6.18 Å². The number of rotatable bonds is 6. The van der Waals surface area contributed by atoms with Crippen LogP contribution in [0.25, 0.3) is 0 Å². The van der Waals surface area contributed by atoms with Crippen LogP contribution in [-0.2, 0) is 0 Å². The lowest BCUT2D eigenvalue weighted by Gasteiger charge is -2.29. The molecule has 7 heteroatoms. The molecule has 0 aromatic rings. The van der Waals surface area contributed by atoms with Gasteiger partial charge in [-0.2, -0.15) is 13.2 Å². The van der Waals surface area contributed by atoms with Crippen molar-refractivity contribution in [2.75, 3.05) is 46.3 Å². The van der Waals surface area contributed by atoms with Gasteiger partial charge in [-0.05, 0) is 37.1 Å². The Balaban J connectivity index is 1.81. The van der Waals surface area contributed by atoms with E-state index in [0.29, 0.717) is 18.5 Å². The molecule has 2 aliphatic rings. The molecule has 0 radical (unpaired) electrons. The lowest BCUT2D eigenvalue weighted by atomic mass is 9.89. The summed E-state index contributed by atoms with van der Waals surface area (Å²) in [6.07, 6.45) is 1.91. The second kappa shape index (κ2) is 8.60. The van der Waals surface area contributed by atoms with E-state index in [0.717, 1.165) is 32.0 Å². The van der Waals surface area contributed by atoms with E-state index in [1.807, 2.05) is 0 Å². The molecule has 1 N–H and O–H groups in total.